The molecule has 0 saturated carbocycles. The predicted molar refractivity (Wildman–Crippen MR) is 131 cm³/mol. The zero-order valence-electron chi connectivity index (χ0n) is 21.5. The molecule has 1 aliphatic heterocycles. The van der Waals surface area contributed by atoms with E-state index in [0.717, 1.165) is 23.0 Å². The maximum Gasteiger partial charge on any atom is 0.433 e. The molecule has 0 bridgehead atoms. The molecule has 2 amide bonds. The van der Waals surface area contributed by atoms with E-state index in [1.54, 1.807) is 13.8 Å². The van der Waals surface area contributed by atoms with Crippen molar-refractivity contribution in [3.05, 3.63) is 35.9 Å². The van der Waals surface area contributed by atoms with Crippen LogP contribution in [0.2, 0.25) is 0 Å². The number of fused-ring (bicyclic) bond motifs is 1. The van der Waals surface area contributed by atoms with Crippen LogP contribution in [0.1, 0.15) is 31.2 Å². The quantitative estimate of drug-likeness (QED) is 0.311. The molecule has 0 aliphatic carbocycles. The zero-order valence-corrected chi connectivity index (χ0v) is 21.5. The molecule has 0 radical (unpaired) electrons. The first-order valence-corrected chi connectivity index (χ1v) is 12.2. The van der Waals surface area contributed by atoms with E-state index >= 15 is 0 Å². The lowest BCUT2D eigenvalue weighted by atomic mass is 9.84. The molecule has 39 heavy (non-hydrogen) atoms. The van der Waals surface area contributed by atoms with Crippen LogP contribution in [0.5, 0.6) is 0 Å². The number of hydrogen-bond donors (Lipinski definition) is 0. The van der Waals surface area contributed by atoms with Crippen molar-refractivity contribution in [3.8, 4) is 0 Å². The van der Waals surface area contributed by atoms with Gasteiger partial charge in [-0.2, -0.15) is 18.3 Å². The minimum Gasteiger partial charge on any atom is -0.355 e. The Kier molecular flexibility index (Phi) is 7.70. The number of carbonyl (C=O) groups excluding carboxylic acids is 2. The number of aromatic nitrogens is 5. The van der Waals surface area contributed by atoms with Gasteiger partial charge in [-0.25, -0.2) is 28.4 Å². The van der Waals surface area contributed by atoms with Gasteiger partial charge < -0.3 is 14.7 Å². The molecule has 3 aromatic heterocycles. The molecule has 3 aromatic rings. The molecule has 1 fully saturated rings. The monoisotopic (exact) mass is 554 g/mol. The summed E-state index contributed by atoms with van der Waals surface area (Å²) in [6, 6.07) is 1.95. The number of likely N-dealkylation sites (N-methyl/N-ethyl adjacent to an activating group) is 2. The Hall–Kier alpha value is -3.91. The summed E-state index contributed by atoms with van der Waals surface area (Å²) in [5.74, 6) is -0.0572. The maximum absolute atomic E-state index is 13.8. The number of halogens is 5. The highest BCUT2D eigenvalue weighted by Gasteiger charge is 2.47. The van der Waals surface area contributed by atoms with Gasteiger partial charge in [0.2, 0.25) is 6.41 Å². The summed E-state index contributed by atoms with van der Waals surface area (Å²) in [7, 11) is 1.42. The Morgan fingerprint density at radius 2 is 1.87 bits per heavy atom. The number of hydrogen-bond acceptors (Lipinski definition) is 7. The Morgan fingerprint density at radius 3 is 2.41 bits per heavy atom. The molecule has 0 spiro atoms. The molecule has 0 N–H and O–H groups in total. The summed E-state index contributed by atoms with van der Waals surface area (Å²) in [4.78, 5) is 42.5. The number of amides is 2. The van der Waals surface area contributed by atoms with Gasteiger partial charge in [0.1, 0.15) is 29.1 Å². The minimum atomic E-state index is -4.62. The summed E-state index contributed by atoms with van der Waals surface area (Å²) in [5, 5.41) is 4.10. The summed E-state index contributed by atoms with van der Waals surface area (Å²) in [6.45, 7) is 3.53. The van der Waals surface area contributed by atoms with Crippen LogP contribution in [-0.2, 0) is 22.3 Å². The highest BCUT2D eigenvalue weighted by molar-refractivity contribution is 6.01. The zero-order chi connectivity index (χ0) is 28.5. The highest BCUT2D eigenvalue weighted by Crippen LogP contribution is 2.34. The number of nitrogens with zero attached hydrogens (tertiary/aromatic N) is 8. The third-order valence-electron chi connectivity index (χ3n) is 6.97. The molecular formula is C24H27F5N8O2. The topological polar surface area (TPSA) is 100 Å². The molecule has 15 heteroatoms. The second kappa shape index (κ2) is 10.7. The Bertz CT molecular complexity index is 1340. The van der Waals surface area contributed by atoms with Crippen LogP contribution in [0.4, 0.5) is 33.5 Å². The van der Waals surface area contributed by atoms with Crippen LogP contribution in [0, 0.1) is 6.92 Å². The van der Waals surface area contributed by atoms with Crippen LogP contribution in [-0.4, -0.2) is 80.6 Å². The van der Waals surface area contributed by atoms with E-state index in [1.807, 2.05) is 4.90 Å². The van der Waals surface area contributed by atoms with Crippen LogP contribution in [0.15, 0.2) is 24.5 Å². The van der Waals surface area contributed by atoms with E-state index in [2.05, 4.69) is 20.1 Å². The van der Waals surface area contributed by atoms with Crippen LogP contribution < -0.4 is 9.80 Å². The first-order chi connectivity index (χ1) is 18.4. The number of aryl methyl sites for hydroxylation is 1. The van der Waals surface area contributed by atoms with Crippen molar-refractivity contribution in [1.82, 2.24) is 29.6 Å². The fraction of sp³-hybridized carbons (Fsp3) is 0.500. The molecule has 1 saturated heterocycles. The van der Waals surface area contributed by atoms with Gasteiger partial charge in [-0.05, 0) is 38.8 Å². The van der Waals surface area contributed by atoms with Crippen LogP contribution in [0.25, 0.3) is 11.2 Å². The molecule has 210 valence electrons. The van der Waals surface area contributed by atoms with Crippen molar-refractivity contribution < 1.29 is 31.5 Å². The van der Waals surface area contributed by atoms with E-state index in [1.165, 1.54) is 23.0 Å². The van der Waals surface area contributed by atoms with Crippen molar-refractivity contribution in [2.45, 2.75) is 51.4 Å². The molecule has 1 aliphatic rings. The number of piperidine rings is 1. The van der Waals surface area contributed by atoms with E-state index in [9.17, 15) is 31.5 Å². The molecule has 10 nitrogen and oxygen atoms in total. The Balaban J connectivity index is 1.59. The number of alkyl halides is 5. The van der Waals surface area contributed by atoms with Gasteiger partial charge in [0.25, 0.3) is 12.3 Å². The first kappa shape index (κ1) is 28.1. The van der Waals surface area contributed by atoms with Gasteiger partial charge in [-0.1, -0.05) is 0 Å². The van der Waals surface area contributed by atoms with E-state index in [0.29, 0.717) is 23.4 Å². The molecule has 0 atom stereocenters. The minimum absolute atomic E-state index is 0.149. The smallest absolute Gasteiger partial charge is 0.355 e. The van der Waals surface area contributed by atoms with E-state index in [-0.39, 0.29) is 43.8 Å². The number of carbonyl (C=O) groups is 2. The summed E-state index contributed by atoms with van der Waals surface area (Å²) >= 11 is 0. The van der Waals surface area contributed by atoms with E-state index < -0.39 is 36.3 Å². The molecule has 4 rings (SSSR count). The van der Waals surface area contributed by atoms with Gasteiger partial charge in [-0.3, -0.25) is 9.59 Å². The molecular weight excluding hydrogens is 527 g/mol. The second-order valence-corrected chi connectivity index (χ2v) is 9.23. The lowest BCUT2D eigenvalue weighted by Crippen LogP contribution is -2.63. The number of pyridine rings is 1. The van der Waals surface area contributed by atoms with Gasteiger partial charge in [-0.15, -0.1) is 0 Å². The normalized spacial score (nSPS) is 15.6. The summed E-state index contributed by atoms with van der Waals surface area (Å²) in [6.07, 6.45) is -3.80. The molecule has 0 aromatic carbocycles. The largest absolute Gasteiger partial charge is 0.433 e. The lowest BCUT2D eigenvalue weighted by molar-refractivity contribution is -0.141. The standard InChI is InChI=1S/C24H27F5N8O2/c1-4-36(14-38)23(22(39)34(3)16-5-6-17(30-11-16)24(27,28)29)7-9-35(10-8-23)19-12-31-20-15(2)33-37(13-18(25)26)21(20)32-19/h5-6,11-12,14,18H,4,7-10,13H2,1-3H3. The second-order valence-electron chi connectivity index (χ2n) is 9.23. The molecule has 4 heterocycles. The average Bonchev–Trinajstić information content (AvgIpc) is 3.22. The van der Waals surface area contributed by atoms with Crippen molar-refractivity contribution in [2.75, 3.05) is 36.5 Å². The highest BCUT2D eigenvalue weighted by atomic mass is 19.4. The number of rotatable bonds is 8. The van der Waals surface area contributed by atoms with Gasteiger partial charge in [0.05, 0.1) is 23.8 Å². The van der Waals surface area contributed by atoms with Gasteiger partial charge in [0, 0.05) is 26.7 Å². The third kappa shape index (κ3) is 5.34. The third-order valence-corrected chi connectivity index (χ3v) is 6.97. The first-order valence-electron chi connectivity index (χ1n) is 12.2. The Labute approximate surface area is 220 Å². The SMILES string of the molecule is CCN(C=O)C1(C(=O)N(C)c2ccc(C(F)(F)F)nc2)CCN(c2cnc3c(C)nn(CC(F)F)c3n2)CC1. The van der Waals surface area contributed by atoms with Gasteiger partial charge >= 0.3 is 6.18 Å². The summed E-state index contributed by atoms with van der Waals surface area (Å²) < 4.78 is 66.0. The van der Waals surface area contributed by atoms with Crippen LogP contribution in [0.3, 0.4) is 0 Å². The predicted octanol–water partition coefficient (Wildman–Crippen LogP) is 3.29. The van der Waals surface area contributed by atoms with Crippen LogP contribution >= 0.6 is 0 Å². The average molecular weight is 555 g/mol. The maximum atomic E-state index is 13.8. The fourth-order valence-corrected chi connectivity index (χ4v) is 4.88. The summed E-state index contributed by atoms with van der Waals surface area (Å²) in [5.41, 5.74) is -1.10. The van der Waals surface area contributed by atoms with Crippen molar-refractivity contribution in [2.24, 2.45) is 0 Å². The van der Waals surface area contributed by atoms with Crippen molar-refractivity contribution >= 4 is 35.0 Å². The van der Waals surface area contributed by atoms with Crippen molar-refractivity contribution in [1.29, 1.82) is 0 Å². The lowest BCUT2D eigenvalue weighted by Gasteiger charge is -2.47. The van der Waals surface area contributed by atoms with Crippen molar-refractivity contribution in [3.63, 3.8) is 0 Å². The Morgan fingerprint density at radius 1 is 1.18 bits per heavy atom. The molecule has 0 unspecified atom stereocenters. The fourth-order valence-electron chi connectivity index (χ4n) is 4.88. The van der Waals surface area contributed by atoms with Gasteiger partial charge in [0.15, 0.2) is 5.65 Å². The number of anilines is 2. The van der Waals surface area contributed by atoms with E-state index in [4.69, 9.17) is 0 Å².